The van der Waals surface area contributed by atoms with Gasteiger partial charge in [0, 0.05) is 31.4 Å². The zero-order valence-electron chi connectivity index (χ0n) is 12.0. The number of hydrogen-bond donors (Lipinski definition) is 2. The lowest BCUT2D eigenvalue weighted by atomic mass is 9.92. The number of hydrogen-bond acceptors (Lipinski definition) is 5. The zero-order chi connectivity index (χ0) is 15.3. The fourth-order valence-corrected chi connectivity index (χ4v) is 1.68. The Bertz CT molecular complexity index is 514. The Kier molecular flexibility index (Phi) is 4.90. The van der Waals surface area contributed by atoms with E-state index in [1.54, 1.807) is 27.0 Å². The molecule has 0 aliphatic heterocycles. The van der Waals surface area contributed by atoms with Crippen LogP contribution in [-0.2, 0) is 4.79 Å². The summed E-state index contributed by atoms with van der Waals surface area (Å²) in [5, 5.41) is 16.5. The molecule has 0 aliphatic carbocycles. The third kappa shape index (κ3) is 3.59. The molecule has 0 saturated heterocycles. The summed E-state index contributed by atoms with van der Waals surface area (Å²) in [5.41, 5.74) is -0.0305. The highest BCUT2D eigenvalue weighted by molar-refractivity contribution is 5.82. The van der Waals surface area contributed by atoms with Crippen LogP contribution < -0.4 is 15.4 Å². The van der Waals surface area contributed by atoms with Crippen molar-refractivity contribution < 1.29 is 14.5 Å². The van der Waals surface area contributed by atoms with Crippen LogP contribution in [0.15, 0.2) is 18.2 Å². The number of carbonyl (C=O) groups is 1. The minimum absolute atomic E-state index is 0.0844. The second kappa shape index (κ2) is 6.23. The third-order valence-electron chi connectivity index (χ3n) is 2.95. The first-order valence-electron chi connectivity index (χ1n) is 6.10. The Labute approximate surface area is 117 Å². The number of nitro benzene ring substituents is 1. The van der Waals surface area contributed by atoms with E-state index in [-0.39, 0.29) is 17.3 Å². The molecule has 0 spiro atoms. The smallest absolute Gasteiger partial charge is 0.311 e. The molecule has 1 amide bonds. The molecule has 2 N–H and O–H groups in total. The molecule has 1 rings (SSSR count). The quantitative estimate of drug-likeness (QED) is 0.612. The molecule has 0 aliphatic rings. The van der Waals surface area contributed by atoms with Crippen LogP contribution in [-0.4, -0.2) is 31.5 Å². The summed E-state index contributed by atoms with van der Waals surface area (Å²) in [7, 11) is 2.96. The van der Waals surface area contributed by atoms with Crippen LogP contribution in [0.25, 0.3) is 0 Å². The molecule has 1 aromatic rings. The third-order valence-corrected chi connectivity index (χ3v) is 2.95. The maximum absolute atomic E-state index is 11.7. The number of nitro groups is 1. The Morgan fingerprint density at radius 3 is 2.60 bits per heavy atom. The summed E-state index contributed by atoms with van der Waals surface area (Å²) in [6, 6.07) is 4.49. The molecular formula is C13H19N3O4. The number of amides is 1. The van der Waals surface area contributed by atoms with E-state index in [0.29, 0.717) is 12.2 Å². The van der Waals surface area contributed by atoms with Gasteiger partial charge in [0.2, 0.25) is 5.91 Å². The Morgan fingerprint density at radius 1 is 1.45 bits per heavy atom. The maximum Gasteiger partial charge on any atom is 0.311 e. The van der Waals surface area contributed by atoms with Crippen LogP contribution >= 0.6 is 0 Å². The van der Waals surface area contributed by atoms with Gasteiger partial charge in [-0.3, -0.25) is 14.9 Å². The zero-order valence-corrected chi connectivity index (χ0v) is 12.0. The first kappa shape index (κ1) is 15.7. The number of ether oxygens (including phenoxy) is 1. The lowest BCUT2D eigenvalue weighted by Gasteiger charge is -2.23. The van der Waals surface area contributed by atoms with E-state index in [4.69, 9.17) is 4.74 Å². The van der Waals surface area contributed by atoms with E-state index in [1.165, 1.54) is 19.2 Å². The van der Waals surface area contributed by atoms with Gasteiger partial charge in [0.15, 0.2) is 5.75 Å². The molecule has 0 bridgehead atoms. The van der Waals surface area contributed by atoms with Gasteiger partial charge in [0.25, 0.3) is 0 Å². The van der Waals surface area contributed by atoms with Crippen molar-refractivity contribution in [3.8, 4) is 5.75 Å². The molecule has 0 unspecified atom stereocenters. The van der Waals surface area contributed by atoms with Crippen molar-refractivity contribution in [3.63, 3.8) is 0 Å². The average molecular weight is 281 g/mol. The van der Waals surface area contributed by atoms with E-state index >= 15 is 0 Å². The Balaban J connectivity index is 2.84. The number of benzene rings is 1. The Hall–Kier alpha value is -2.31. The van der Waals surface area contributed by atoms with Crippen LogP contribution in [0.2, 0.25) is 0 Å². The number of anilines is 1. The number of methoxy groups -OCH3 is 1. The predicted octanol–water partition coefficient (Wildman–Crippen LogP) is 1.79. The number of carbonyl (C=O) groups excluding carboxylic acids is 1. The van der Waals surface area contributed by atoms with Gasteiger partial charge in [-0.2, -0.15) is 0 Å². The molecule has 1 aromatic carbocycles. The lowest BCUT2D eigenvalue weighted by Crippen LogP contribution is -2.39. The molecule has 20 heavy (non-hydrogen) atoms. The molecule has 0 aromatic heterocycles. The van der Waals surface area contributed by atoms with Gasteiger partial charge in [-0.05, 0) is 19.9 Å². The van der Waals surface area contributed by atoms with Crippen LogP contribution in [0.5, 0.6) is 5.75 Å². The van der Waals surface area contributed by atoms with Crippen molar-refractivity contribution >= 4 is 17.3 Å². The number of rotatable bonds is 6. The second-order valence-electron chi connectivity index (χ2n) is 4.96. The summed E-state index contributed by atoms with van der Waals surface area (Å²) in [6.07, 6.45) is 0. The SMILES string of the molecule is CNC(=O)C(C)(C)CNc1ccc([N+](=O)[O-])c(OC)c1. The topological polar surface area (TPSA) is 93.5 Å². The largest absolute Gasteiger partial charge is 0.490 e. The summed E-state index contributed by atoms with van der Waals surface area (Å²) < 4.78 is 4.99. The summed E-state index contributed by atoms with van der Waals surface area (Å²) in [5.74, 6) is 0.0941. The van der Waals surface area contributed by atoms with E-state index < -0.39 is 10.3 Å². The molecular weight excluding hydrogens is 262 g/mol. The summed E-state index contributed by atoms with van der Waals surface area (Å²) in [4.78, 5) is 21.9. The highest BCUT2D eigenvalue weighted by Crippen LogP contribution is 2.30. The molecule has 7 heteroatoms. The van der Waals surface area contributed by atoms with Gasteiger partial charge in [-0.1, -0.05) is 0 Å². The van der Waals surface area contributed by atoms with Crippen molar-refractivity contribution in [2.45, 2.75) is 13.8 Å². The molecule has 0 radical (unpaired) electrons. The minimum Gasteiger partial charge on any atom is -0.490 e. The van der Waals surface area contributed by atoms with E-state index in [9.17, 15) is 14.9 Å². The van der Waals surface area contributed by atoms with Crippen LogP contribution in [0.4, 0.5) is 11.4 Å². The van der Waals surface area contributed by atoms with E-state index in [1.807, 2.05) is 0 Å². The minimum atomic E-state index is -0.593. The maximum atomic E-state index is 11.7. The lowest BCUT2D eigenvalue weighted by molar-refractivity contribution is -0.385. The monoisotopic (exact) mass is 281 g/mol. The molecule has 0 heterocycles. The summed E-state index contributed by atoms with van der Waals surface area (Å²) >= 11 is 0. The van der Waals surface area contributed by atoms with E-state index in [2.05, 4.69) is 10.6 Å². The van der Waals surface area contributed by atoms with Gasteiger partial charge < -0.3 is 15.4 Å². The average Bonchev–Trinajstić information content (AvgIpc) is 2.43. The Morgan fingerprint density at radius 2 is 2.10 bits per heavy atom. The van der Waals surface area contributed by atoms with Crippen molar-refractivity contribution in [2.75, 3.05) is 26.0 Å². The normalized spacial score (nSPS) is 10.8. The van der Waals surface area contributed by atoms with Gasteiger partial charge in [0.1, 0.15) is 0 Å². The van der Waals surface area contributed by atoms with Crippen LogP contribution in [0.1, 0.15) is 13.8 Å². The number of nitrogens with zero attached hydrogens (tertiary/aromatic N) is 1. The molecule has 0 fully saturated rings. The highest BCUT2D eigenvalue weighted by atomic mass is 16.6. The van der Waals surface area contributed by atoms with Crippen molar-refractivity contribution in [1.29, 1.82) is 0 Å². The van der Waals surface area contributed by atoms with Crippen molar-refractivity contribution in [2.24, 2.45) is 5.41 Å². The first-order chi connectivity index (χ1) is 9.31. The number of nitrogens with one attached hydrogen (secondary N) is 2. The fraction of sp³-hybridized carbons (Fsp3) is 0.462. The van der Waals surface area contributed by atoms with Gasteiger partial charge in [-0.15, -0.1) is 0 Å². The van der Waals surface area contributed by atoms with Crippen molar-refractivity contribution in [1.82, 2.24) is 5.32 Å². The van der Waals surface area contributed by atoms with Gasteiger partial charge in [0.05, 0.1) is 17.4 Å². The second-order valence-corrected chi connectivity index (χ2v) is 4.96. The van der Waals surface area contributed by atoms with Gasteiger partial charge in [-0.25, -0.2) is 0 Å². The summed E-state index contributed by atoms with van der Waals surface area (Å²) in [6.45, 7) is 4.01. The predicted molar refractivity (Wildman–Crippen MR) is 76.0 cm³/mol. The standard InChI is InChI=1S/C13H19N3O4/c1-13(2,12(17)14-3)8-15-9-5-6-10(16(18)19)11(7-9)20-4/h5-7,15H,8H2,1-4H3,(H,14,17). The molecule has 110 valence electrons. The van der Waals surface area contributed by atoms with Gasteiger partial charge >= 0.3 is 5.69 Å². The molecule has 0 atom stereocenters. The highest BCUT2D eigenvalue weighted by Gasteiger charge is 2.26. The fourth-order valence-electron chi connectivity index (χ4n) is 1.68. The molecule has 0 saturated carbocycles. The van der Waals surface area contributed by atoms with Crippen LogP contribution in [0.3, 0.4) is 0 Å². The van der Waals surface area contributed by atoms with Crippen LogP contribution in [0, 0.1) is 15.5 Å². The first-order valence-corrected chi connectivity index (χ1v) is 6.10. The van der Waals surface area contributed by atoms with E-state index in [0.717, 1.165) is 0 Å². The van der Waals surface area contributed by atoms with Crippen molar-refractivity contribution in [3.05, 3.63) is 28.3 Å². The molecule has 7 nitrogen and oxygen atoms in total.